The summed E-state index contributed by atoms with van der Waals surface area (Å²) in [6, 6.07) is 4.04. The van der Waals surface area contributed by atoms with Crippen LogP contribution < -0.4 is 5.32 Å². The first-order valence-corrected chi connectivity index (χ1v) is 6.23. The number of phenolic OH excluding ortho intramolecular Hbond substituents is 1. The van der Waals surface area contributed by atoms with E-state index in [-0.39, 0.29) is 11.8 Å². The topological polar surface area (TPSA) is 73.8 Å². The molecule has 0 aliphatic carbocycles. The molecule has 0 aliphatic rings. The fourth-order valence-corrected chi connectivity index (χ4v) is 1.92. The molecule has 102 valence electrons. The molecule has 2 rings (SSSR count). The van der Waals surface area contributed by atoms with Gasteiger partial charge in [-0.15, -0.1) is 0 Å². The van der Waals surface area contributed by atoms with Gasteiger partial charge in [-0.2, -0.15) is 5.10 Å². The highest BCUT2D eigenvalue weighted by Gasteiger charge is 2.10. The molecule has 5 nitrogen and oxygen atoms in total. The number of rotatable bonds is 6. The predicted octanol–water partition coefficient (Wildman–Crippen LogP) is 1.93. The highest BCUT2D eigenvalue weighted by atomic mass is 19.1. The van der Waals surface area contributed by atoms with Gasteiger partial charge in [-0.3, -0.25) is 5.10 Å². The Morgan fingerprint density at radius 2 is 2.32 bits per heavy atom. The molecule has 2 aromatic rings. The summed E-state index contributed by atoms with van der Waals surface area (Å²) in [5, 5.41) is 19.5. The summed E-state index contributed by atoms with van der Waals surface area (Å²) in [7, 11) is 0. The summed E-state index contributed by atoms with van der Waals surface area (Å²) < 4.78 is 12.9. The Labute approximate surface area is 110 Å². The van der Waals surface area contributed by atoms with Crippen LogP contribution in [0.25, 0.3) is 0 Å². The molecule has 0 fully saturated rings. The largest absolute Gasteiger partial charge is 0.508 e. The molecule has 0 bridgehead atoms. The van der Waals surface area contributed by atoms with Crippen LogP contribution in [-0.4, -0.2) is 26.8 Å². The third-order valence-electron chi connectivity index (χ3n) is 2.96. The summed E-state index contributed by atoms with van der Waals surface area (Å²) in [6.45, 7) is 2.71. The highest BCUT2D eigenvalue weighted by Crippen LogP contribution is 2.24. The summed E-state index contributed by atoms with van der Waals surface area (Å²) >= 11 is 0. The van der Waals surface area contributed by atoms with E-state index in [4.69, 9.17) is 0 Å². The van der Waals surface area contributed by atoms with E-state index in [0.29, 0.717) is 5.56 Å². The minimum atomic E-state index is -0.432. The number of aromatic hydroxyl groups is 1. The summed E-state index contributed by atoms with van der Waals surface area (Å²) in [5.41, 5.74) is 0.695. The lowest BCUT2D eigenvalue weighted by atomic mass is 10.1. The summed E-state index contributed by atoms with van der Waals surface area (Å²) in [4.78, 5) is 4.04. The molecule has 0 spiro atoms. The number of aromatic nitrogens is 3. The Bertz CT molecular complexity index is 515. The maximum absolute atomic E-state index is 12.9. The van der Waals surface area contributed by atoms with E-state index in [0.717, 1.165) is 31.3 Å². The summed E-state index contributed by atoms with van der Waals surface area (Å²) in [6.07, 6.45) is 3.21. The van der Waals surface area contributed by atoms with Crippen molar-refractivity contribution in [2.45, 2.75) is 25.8 Å². The molecule has 1 aromatic heterocycles. The van der Waals surface area contributed by atoms with Gasteiger partial charge in [-0.05, 0) is 26.0 Å². The van der Waals surface area contributed by atoms with Crippen molar-refractivity contribution in [3.05, 3.63) is 41.7 Å². The number of H-pyrrole nitrogens is 1. The number of aromatic amines is 1. The van der Waals surface area contributed by atoms with Gasteiger partial charge in [0.1, 0.15) is 23.7 Å². The van der Waals surface area contributed by atoms with Gasteiger partial charge in [0.15, 0.2) is 0 Å². The van der Waals surface area contributed by atoms with Crippen LogP contribution in [0.15, 0.2) is 24.5 Å². The van der Waals surface area contributed by atoms with Crippen molar-refractivity contribution < 1.29 is 9.50 Å². The first-order chi connectivity index (χ1) is 9.16. The number of hydrogen-bond acceptors (Lipinski definition) is 4. The highest BCUT2D eigenvalue weighted by molar-refractivity contribution is 5.34. The van der Waals surface area contributed by atoms with Gasteiger partial charge in [-0.25, -0.2) is 9.37 Å². The molecule has 0 aliphatic heterocycles. The average molecular weight is 264 g/mol. The maximum Gasteiger partial charge on any atom is 0.137 e. The number of aryl methyl sites for hydroxylation is 1. The van der Waals surface area contributed by atoms with Crippen molar-refractivity contribution in [3.8, 4) is 5.75 Å². The van der Waals surface area contributed by atoms with Gasteiger partial charge < -0.3 is 10.4 Å². The molecule has 3 N–H and O–H groups in total. The van der Waals surface area contributed by atoms with E-state index in [2.05, 4.69) is 20.5 Å². The number of nitrogens with one attached hydrogen (secondary N) is 2. The van der Waals surface area contributed by atoms with Gasteiger partial charge in [0, 0.05) is 24.1 Å². The molecular formula is C13H17FN4O. The maximum atomic E-state index is 12.9. The fourth-order valence-electron chi connectivity index (χ4n) is 1.92. The van der Waals surface area contributed by atoms with E-state index in [1.807, 2.05) is 6.92 Å². The Hall–Kier alpha value is -1.95. The molecule has 1 unspecified atom stereocenters. The minimum Gasteiger partial charge on any atom is -0.508 e. The third kappa shape index (κ3) is 3.75. The first-order valence-electron chi connectivity index (χ1n) is 6.23. The predicted molar refractivity (Wildman–Crippen MR) is 69.2 cm³/mol. The van der Waals surface area contributed by atoms with Crippen molar-refractivity contribution in [2.24, 2.45) is 0 Å². The monoisotopic (exact) mass is 264 g/mol. The van der Waals surface area contributed by atoms with Crippen LogP contribution in [0.5, 0.6) is 5.75 Å². The van der Waals surface area contributed by atoms with Gasteiger partial charge in [0.25, 0.3) is 0 Å². The van der Waals surface area contributed by atoms with Crippen molar-refractivity contribution >= 4 is 0 Å². The molecule has 0 saturated heterocycles. The van der Waals surface area contributed by atoms with Crippen molar-refractivity contribution in [1.29, 1.82) is 0 Å². The molecule has 1 aromatic carbocycles. The second kappa shape index (κ2) is 6.29. The zero-order valence-corrected chi connectivity index (χ0v) is 10.7. The van der Waals surface area contributed by atoms with Crippen LogP contribution >= 0.6 is 0 Å². The molecule has 0 amide bonds. The van der Waals surface area contributed by atoms with Crippen LogP contribution in [-0.2, 0) is 6.42 Å². The molecule has 0 radical (unpaired) electrons. The number of hydrogen-bond donors (Lipinski definition) is 3. The lowest BCUT2D eigenvalue weighted by Crippen LogP contribution is -2.20. The van der Waals surface area contributed by atoms with E-state index >= 15 is 0 Å². The van der Waals surface area contributed by atoms with Gasteiger partial charge >= 0.3 is 0 Å². The molecule has 6 heteroatoms. The quantitative estimate of drug-likeness (QED) is 0.697. The minimum absolute atomic E-state index is 0.0183. The van der Waals surface area contributed by atoms with E-state index in [1.54, 1.807) is 6.07 Å². The SMILES string of the molecule is CC(NCCCc1ncn[nH]1)c1ccc(F)cc1O. The Morgan fingerprint density at radius 3 is 3.00 bits per heavy atom. The average Bonchev–Trinajstić information content (AvgIpc) is 2.87. The molecule has 0 saturated carbocycles. The first kappa shape index (κ1) is 13.5. The van der Waals surface area contributed by atoms with Gasteiger partial charge in [0.05, 0.1) is 0 Å². The van der Waals surface area contributed by atoms with Crippen LogP contribution in [0.1, 0.15) is 30.8 Å². The zero-order chi connectivity index (χ0) is 13.7. The fraction of sp³-hybridized carbons (Fsp3) is 0.385. The Morgan fingerprint density at radius 1 is 1.47 bits per heavy atom. The number of nitrogens with zero attached hydrogens (tertiary/aromatic N) is 2. The smallest absolute Gasteiger partial charge is 0.137 e. The molecule has 1 heterocycles. The standard InChI is InChI=1S/C13H17FN4O/c1-9(11-5-4-10(14)7-12(11)19)15-6-2-3-13-16-8-17-18-13/h4-5,7-9,15,19H,2-3,6H2,1H3,(H,16,17,18). The zero-order valence-electron chi connectivity index (χ0n) is 10.7. The van der Waals surface area contributed by atoms with E-state index in [9.17, 15) is 9.50 Å². The van der Waals surface area contributed by atoms with Crippen LogP contribution in [0.3, 0.4) is 0 Å². The second-order valence-corrected chi connectivity index (χ2v) is 4.41. The van der Waals surface area contributed by atoms with Crippen molar-refractivity contribution in [1.82, 2.24) is 20.5 Å². The molecule has 1 atom stereocenters. The molecule has 19 heavy (non-hydrogen) atoms. The molecular weight excluding hydrogens is 247 g/mol. The van der Waals surface area contributed by atoms with Crippen LogP contribution in [0.4, 0.5) is 4.39 Å². The lowest BCUT2D eigenvalue weighted by molar-refractivity contribution is 0.446. The number of halogens is 1. The summed E-state index contributed by atoms with van der Waals surface area (Å²) in [5.74, 6) is 0.410. The second-order valence-electron chi connectivity index (χ2n) is 4.41. The van der Waals surface area contributed by atoms with Crippen molar-refractivity contribution in [3.63, 3.8) is 0 Å². The van der Waals surface area contributed by atoms with Crippen LogP contribution in [0, 0.1) is 5.82 Å². The normalized spacial score (nSPS) is 12.5. The number of phenols is 1. The Kier molecular flexibility index (Phi) is 4.46. The van der Waals surface area contributed by atoms with Gasteiger partial charge in [-0.1, -0.05) is 6.07 Å². The third-order valence-corrected chi connectivity index (χ3v) is 2.96. The Balaban J connectivity index is 1.79. The van der Waals surface area contributed by atoms with E-state index in [1.165, 1.54) is 12.4 Å². The van der Waals surface area contributed by atoms with E-state index < -0.39 is 5.82 Å². The lowest BCUT2D eigenvalue weighted by Gasteiger charge is -2.15. The number of benzene rings is 1. The van der Waals surface area contributed by atoms with Gasteiger partial charge in [0.2, 0.25) is 0 Å². The van der Waals surface area contributed by atoms with Crippen molar-refractivity contribution in [2.75, 3.05) is 6.54 Å². The van der Waals surface area contributed by atoms with Crippen LogP contribution in [0.2, 0.25) is 0 Å².